The van der Waals surface area contributed by atoms with Gasteiger partial charge >= 0.3 is 0 Å². The highest BCUT2D eigenvalue weighted by molar-refractivity contribution is 5.72. The molecule has 18 heavy (non-hydrogen) atoms. The first-order chi connectivity index (χ1) is 8.70. The molecule has 1 heterocycles. The molecule has 0 fully saturated rings. The van der Waals surface area contributed by atoms with Crippen molar-refractivity contribution in [2.24, 2.45) is 0 Å². The van der Waals surface area contributed by atoms with Crippen LogP contribution in [0.2, 0.25) is 0 Å². The molecule has 90 valence electrons. The van der Waals surface area contributed by atoms with Crippen LogP contribution in [-0.2, 0) is 0 Å². The lowest BCUT2D eigenvalue weighted by atomic mass is 10.2. The number of hydrogen-bond acceptors (Lipinski definition) is 6. The van der Waals surface area contributed by atoms with Gasteiger partial charge in [-0.25, -0.2) is 9.97 Å². The molecule has 0 radical (unpaired) electrons. The summed E-state index contributed by atoms with van der Waals surface area (Å²) in [5.41, 5.74) is 0.456. The Balaban J connectivity index is 2.28. The zero-order valence-corrected chi connectivity index (χ0v) is 9.11. The summed E-state index contributed by atoms with van der Waals surface area (Å²) in [5.74, 6) is 0.329. The zero-order chi connectivity index (χ0) is 13.0. The maximum atomic E-state index is 10.8. The summed E-state index contributed by atoms with van der Waals surface area (Å²) >= 11 is 0. The number of nitro benzene ring substituents is 1. The van der Waals surface area contributed by atoms with E-state index >= 15 is 0 Å². The lowest BCUT2D eigenvalue weighted by Gasteiger charge is -2.05. The van der Waals surface area contributed by atoms with Crippen molar-refractivity contribution in [3.05, 3.63) is 52.5 Å². The summed E-state index contributed by atoms with van der Waals surface area (Å²) in [5, 5.41) is 13.6. The van der Waals surface area contributed by atoms with Gasteiger partial charge in [-0.15, -0.1) is 0 Å². The summed E-state index contributed by atoms with van der Waals surface area (Å²) in [6.45, 7) is 0. The number of nitrogens with zero attached hydrogens (tertiary/aromatic N) is 3. The first-order valence-electron chi connectivity index (χ1n) is 4.98. The predicted octanol–water partition coefficient (Wildman–Crippen LogP) is 1.94. The highest BCUT2D eigenvalue weighted by Gasteiger charge is 2.12. The van der Waals surface area contributed by atoms with E-state index in [4.69, 9.17) is 0 Å². The largest absolute Gasteiger partial charge is 0.333 e. The first-order valence-corrected chi connectivity index (χ1v) is 4.98. The molecule has 7 nitrogen and oxygen atoms in total. The van der Waals surface area contributed by atoms with E-state index in [0.717, 1.165) is 0 Å². The summed E-state index contributed by atoms with van der Waals surface area (Å²) in [4.78, 5) is 28.4. The van der Waals surface area contributed by atoms with E-state index in [2.05, 4.69) is 15.3 Å². The second-order valence-electron chi connectivity index (χ2n) is 3.34. The molecule has 0 saturated carbocycles. The second-order valence-corrected chi connectivity index (χ2v) is 3.34. The molecule has 1 aromatic heterocycles. The predicted molar refractivity (Wildman–Crippen MR) is 63.8 cm³/mol. The molecule has 1 aromatic carbocycles. The Hall–Kier alpha value is -2.83. The molecule has 7 heteroatoms. The quantitative estimate of drug-likeness (QED) is 0.501. The minimum Gasteiger partial charge on any atom is -0.333 e. The lowest BCUT2D eigenvalue weighted by molar-refractivity contribution is -0.383. The Morgan fingerprint density at radius 2 is 2.00 bits per heavy atom. The zero-order valence-electron chi connectivity index (χ0n) is 9.11. The average Bonchev–Trinajstić information content (AvgIpc) is 2.40. The van der Waals surface area contributed by atoms with Gasteiger partial charge in [0.1, 0.15) is 17.2 Å². The van der Waals surface area contributed by atoms with E-state index in [-0.39, 0.29) is 11.4 Å². The molecular formula is C11H8N4O3. The fourth-order valence-corrected chi connectivity index (χ4v) is 1.34. The molecule has 0 aliphatic carbocycles. The number of nitro groups is 1. The van der Waals surface area contributed by atoms with E-state index in [1.54, 1.807) is 18.2 Å². The molecule has 0 spiro atoms. The molecule has 0 unspecified atom stereocenters. The number of nitrogens with one attached hydrogen (secondary N) is 1. The Morgan fingerprint density at radius 1 is 1.22 bits per heavy atom. The van der Waals surface area contributed by atoms with Crippen molar-refractivity contribution in [1.29, 1.82) is 0 Å². The SMILES string of the molecule is O=Cc1cnc(Nc2ccccc2[N+](=O)[O-])cn1. The number of anilines is 2. The van der Waals surface area contributed by atoms with Gasteiger partial charge in [0, 0.05) is 6.07 Å². The Labute approximate surface area is 102 Å². The van der Waals surface area contributed by atoms with E-state index in [9.17, 15) is 14.9 Å². The third-order valence-corrected chi connectivity index (χ3v) is 2.16. The molecular weight excluding hydrogens is 236 g/mol. The second kappa shape index (κ2) is 5.00. The number of carbonyl (C=O) groups excluding carboxylic acids is 1. The van der Waals surface area contributed by atoms with Crippen LogP contribution in [0, 0.1) is 10.1 Å². The normalized spacial score (nSPS) is 9.78. The number of benzene rings is 1. The Bertz CT molecular complexity index is 583. The molecule has 0 aliphatic rings. The minimum atomic E-state index is -0.491. The van der Waals surface area contributed by atoms with Gasteiger partial charge in [-0.05, 0) is 6.07 Å². The maximum absolute atomic E-state index is 10.8. The van der Waals surface area contributed by atoms with Gasteiger partial charge in [-0.1, -0.05) is 12.1 Å². The smallest absolute Gasteiger partial charge is 0.292 e. The first kappa shape index (κ1) is 11.6. The molecule has 2 aromatic rings. The molecule has 2 rings (SSSR count). The van der Waals surface area contributed by atoms with Crippen molar-refractivity contribution in [1.82, 2.24) is 9.97 Å². The van der Waals surface area contributed by atoms with Crippen LogP contribution < -0.4 is 5.32 Å². The van der Waals surface area contributed by atoms with Crippen molar-refractivity contribution >= 4 is 23.5 Å². The number of para-hydroxylation sites is 2. The van der Waals surface area contributed by atoms with Crippen LogP contribution in [-0.4, -0.2) is 21.2 Å². The molecule has 0 amide bonds. The topological polar surface area (TPSA) is 98.0 Å². The van der Waals surface area contributed by atoms with Crippen LogP contribution in [0.15, 0.2) is 36.7 Å². The van der Waals surface area contributed by atoms with Crippen LogP contribution in [0.5, 0.6) is 0 Å². The highest BCUT2D eigenvalue weighted by Crippen LogP contribution is 2.25. The summed E-state index contributed by atoms with van der Waals surface area (Å²) in [6.07, 6.45) is 3.19. The van der Waals surface area contributed by atoms with Gasteiger partial charge in [0.25, 0.3) is 5.69 Å². The number of carbonyl (C=O) groups is 1. The fourth-order valence-electron chi connectivity index (χ4n) is 1.34. The van der Waals surface area contributed by atoms with Gasteiger partial charge in [-0.2, -0.15) is 0 Å². The van der Waals surface area contributed by atoms with Gasteiger partial charge in [-0.3, -0.25) is 14.9 Å². The standard InChI is InChI=1S/C11H8N4O3/c16-7-8-5-13-11(6-12-8)14-9-3-1-2-4-10(9)15(17)18/h1-7H,(H,13,14). The van der Waals surface area contributed by atoms with Crippen molar-refractivity contribution in [2.45, 2.75) is 0 Å². The number of hydrogen-bond donors (Lipinski definition) is 1. The lowest BCUT2D eigenvalue weighted by Crippen LogP contribution is -1.99. The number of aromatic nitrogens is 2. The Kier molecular flexibility index (Phi) is 3.24. The van der Waals surface area contributed by atoms with Gasteiger partial charge in [0.15, 0.2) is 6.29 Å². The van der Waals surface area contributed by atoms with Crippen molar-refractivity contribution in [3.63, 3.8) is 0 Å². The van der Waals surface area contributed by atoms with Crippen LogP contribution in [0.4, 0.5) is 17.2 Å². The molecule has 1 N–H and O–H groups in total. The average molecular weight is 244 g/mol. The highest BCUT2D eigenvalue weighted by atomic mass is 16.6. The van der Waals surface area contributed by atoms with Crippen molar-refractivity contribution in [3.8, 4) is 0 Å². The monoisotopic (exact) mass is 244 g/mol. The van der Waals surface area contributed by atoms with Crippen molar-refractivity contribution in [2.75, 3.05) is 5.32 Å². The third kappa shape index (κ3) is 2.46. The fraction of sp³-hybridized carbons (Fsp3) is 0. The van der Waals surface area contributed by atoms with Crippen LogP contribution in [0.25, 0.3) is 0 Å². The summed E-state index contributed by atoms with van der Waals surface area (Å²) in [7, 11) is 0. The van der Waals surface area contributed by atoms with Gasteiger partial charge < -0.3 is 5.32 Å². The van der Waals surface area contributed by atoms with E-state index in [1.807, 2.05) is 0 Å². The minimum absolute atomic E-state index is 0.0567. The molecule has 0 aliphatic heterocycles. The Morgan fingerprint density at radius 3 is 2.61 bits per heavy atom. The number of aldehydes is 1. The summed E-state index contributed by atoms with van der Waals surface area (Å²) < 4.78 is 0. The third-order valence-electron chi connectivity index (χ3n) is 2.16. The van der Waals surface area contributed by atoms with Crippen LogP contribution >= 0.6 is 0 Å². The van der Waals surface area contributed by atoms with E-state index in [0.29, 0.717) is 17.8 Å². The molecule has 0 atom stereocenters. The summed E-state index contributed by atoms with van der Waals surface area (Å²) in [6, 6.07) is 6.19. The van der Waals surface area contributed by atoms with Crippen LogP contribution in [0.3, 0.4) is 0 Å². The molecule has 0 saturated heterocycles. The molecule has 0 bridgehead atoms. The van der Waals surface area contributed by atoms with Gasteiger partial charge in [0.2, 0.25) is 0 Å². The van der Waals surface area contributed by atoms with Crippen molar-refractivity contribution < 1.29 is 9.72 Å². The number of rotatable bonds is 4. The maximum Gasteiger partial charge on any atom is 0.292 e. The van der Waals surface area contributed by atoms with Crippen LogP contribution in [0.1, 0.15) is 10.5 Å². The van der Waals surface area contributed by atoms with Gasteiger partial charge in [0.05, 0.1) is 17.3 Å². The van der Waals surface area contributed by atoms with E-state index < -0.39 is 4.92 Å². The van der Waals surface area contributed by atoms with E-state index in [1.165, 1.54) is 18.5 Å².